The molecule has 7 nitrogen and oxygen atoms in total. The monoisotopic (exact) mass is 494 g/mol. The van der Waals surface area contributed by atoms with Gasteiger partial charge in [-0.25, -0.2) is 21.1 Å². The summed E-state index contributed by atoms with van der Waals surface area (Å²) in [6.45, 7) is 0.0683. The highest BCUT2D eigenvalue weighted by Crippen LogP contribution is 2.23. The highest BCUT2D eigenvalue weighted by Gasteiger charge is 2.20. The lowest BCUT2D eigenvalue weighted by molar-refractivity contribution is -0.118. The van der Waals surface area contributed by atoms with Gasteiger partial charge < -0.3 is 5.32 Å². The number of halogens is 1. The zero-order valence-electron chi connectivity index (χ0n) is 14.7. The van der Waals surface area contributed by atoms with Crippen molar-refractivity contribution < 1.29 is 21.6 Å². The van der Waals surface area contributed by atoms with Crippen LogP contribution in [0.25, 0.3) is 0 Å². The van der Waals surface area contributed by atoms with E-state index in [-0.39, 0.29) is 16.5 Å². The van der Waals surface area contributed by atoms with Crippen molar-refractivity contribution >= 4 is 53.0 Å². The molecule has 0 aliphatic heterocycles. The van der Waals surface area contributed by atoms with Crippen LogP contribution < -0.4 is 5.32 Å². The lowest BCUT2D eigenvalue weighted by Crippen LogP contribution is -2.30. The maximum Gasteiger partial charge on any atom is 0.252 e. The molecule has 2 aromatic rings. The first-order chi connectivity index (χ1) is 12.5. The van der Waals surface area contributed by atoms with Crippen LogP contribution in [0.15, 0.2) is 45.1 Å². The number of benzene rings is 1. The van der Waals surface area contributed by atoms with E-state index in [2.05, 4.69) is 21.2 Å². The Balaban J connectivity index is 1.93. The summed E-state index contributed by atoms with van der Waals surface area (Å²) in [5.74, 6) is -1.49. The summed E-state index contributed by atoms with van der Waals surface area (Å²) in [5.41, 5.74) is 0.592. The number of nitrogens with one attached hydrogen (secondary N) is 1. The third-order valence-corrected chi connectivity index (χ3v) is 8.79. The van der Waals surface area contributed by atoms with Crippen molar-refractivity contribution in [3.05, 3.63) is 51.3 Å². The first-order valence-corrected chi connectivity index (χ1v) is 12.6. The van der Waals surface area contributed by atoms with Crippen LogP contribution in [0.1, 0.15) is 10.4 Å². The summed E-state index contributed by atoms with van der Waals surface area (Å²) >= 11 is 4.31. The van der Waals surface area contributed by atoms with Gasteiger partial charge in [-0.05, 0) is 29.8 Å². The van der Waals surface area contributed by atoms with E-state index in [0.29, 0.717) is 10.4 Å². The Hall–Kier alpha value is -1.27. The smallest absolute Gasteiger partial charge is 0.252 e. The fourth-order valence-electron chi connectivity index (χ4n) is 2.14. The van der Waals surface area contributed by atoms with Gasteiger partial charge in [0.1, 0.15) is 9.96 Å². The van der Waals surface area contributed by atoms with Crippen LogP contribution in [0, 0.1) is 0 Å². The summed E-state index contributed by atoms with van der Waals surface area (Å²) in [5, 5.41) is 2.52. The number of hydrogen-bond acceptors (Lipinski definition) is 6. The second-order valence-electron chi connectivity index (χ2n) is 5.95. The molecule has 0 saturated carbocycles. The van der Waals surface area contributed by atoms with E-state index in [9.17, 15) is 21.6 Å². The van der Waals surface area contributed by atoms with Crippen LogP contribution in [0.4, 0.5) is 0 Å². The number of carbonyl (C=O) groups excluding carboxylic acids is 1. The fourth-order valence-corrected chi connectivity index (χ4v) is 6.34. The minimum Gasteiger partial charge on any atom is -0.350 e. The van der Waals surface area contributed by atoms with Crippen molar-refractivity contribution in [2.24, 2.45) is 0 Å². The average Bonchev–Trinajstić information content (AvgIpc) is 3.01. The Labute approximate surface area is 171 Å². The second kappa shape index (κ2) is 8.82. The molecule has 1 heterocycles. The molecular weight excluding hydrogens is 476 g/mol. The molecule has 0 radical (unpaired) electrons. The number of sulfonamides is 1. The molecule has 2 rings (SSSR count). The molecule has 0 aliphatic carbocycles. The third kappa shape index (κ3) is 6.39. The summed E-state index contributed by atoms with van der Waals surface area (Å²) in [7, 11) is -4.26. The molecule has 1 aromatic heterocycles. The topological polar surface area (TPSA) is 101 Å². The molecular formula is C16H19BrN2O5S3. The Kier molecular flexibility index (Phi) is 7.20. The zero-order chi connectivity index (χ0) is 20.2. The number of carbonyl (C=O) groups is 1. The summed E-state index contributed by atoms with van der Waals surface area (Å²) < 4.78 is 50.5. The first kappa shape index (κ1) is 22.0. The van der Waals surface area contributed by atoms with Gasteiger partial charge in [-0.3, -0.25) is 4.79 Å². The second-order valence-corrected chi connectivity index (χ2v) is 12.5. The van der Waals surface area contributed by atoms with Crippen LogP contribution in [-0.4, -0.2) is 46.9 Å². The molecule has 1 N–H and O–H groups in total. The molecule has 0 spiro atoms. The van der Waals surface area contributed by atoms with Crippen LogP contribution in [0.5, 0.6) is 0 Å². The summed E-state index contributed by atoms with van der Waals surface area (Å²) in [4.78, 5) is 12.6. The van der Waals surface area contributed by atoms with Gasteiger partial charge in [-0.1, -0.05) is 28.1 Å². The van der Waals surface area contributed by atoms with Gasteiger partial charge in [0.2, 0.25) is 5.91 Å². The average molecular weight is 495 g/mol. The number of nitrogens with zero attached hydrogens (tertiary/aromatic N) is 1. The first-order valence-electron chi connectivity index (χ1n) is 7.72. The Morgan fingerprint density at radius 1 is 1.15 bits per heavy atom. The number of hydrogen-bond donors (Lipinski definition) is 1. The molecule has 1 aromatic carbocycles. The van der Waals surface area contributed by atoms with Gasteiger partial charge in [0.15, 0.2) is 9.84 Å². The molecule has 0 bridgehead atoms. The Morgan fingerprint density at radius 2 is 1.85 bits per heavy atom. The van der Waals surface area contributed by atoms with Crippen LogP contribution in [0.3, 0.4) is 0 Å². The minimum atomic E-state index is -3.62. The SMILES string of the molecule is CN(C)S(=O)(=O)c1ccc(CNC(=O)CS(=O)(=O)Cc2cccc(Br)c2)s1. The van der Waals surface area contributed by atoms with Gasteiger partial charge >= 0.3 is 0 Å². The van der Waals surface area contributed by atoms with Gasteiger partial charge in [-0.15, -0.1) is 11.3 Å². The summed E-state index contributed by atoms with van der Waals surface area (Å²) in [6, 6.07) is 9.94. The molecule has 148 valence electrons. The van der Waals surface area contributed by atoms with E-state index < -0.39 is 31.5 Å². The van der Waals surface area contributed by atoms with E-state index in [4.69, 9.17) is 0 Å². The van der Waals surface area contributed by atoms with Crippen molar-refractivity contribution in [3.8, 4) is 0 Å². The molecule has 0 aliphatic rings. The van der Waals surface area contributed by atoms with Crippen molar-refractivity contribution in [1.82, 2.24) is 9.62 Å². The van der Waals surface area contributed by atoms with E-state index in [1.54, 1.807) is 30.3 Å². The van der Waals surface area contributed by atoms with Crippen molar-refractivity contribution in [1.29, 1.82) is 0 Å². The minimum absolute atomic E-state index is 0.0683. The van der Waals surface area contributed by atoms with Gasteiger partial charge in [0.05, 0.1) is 12.3 Å². The van der Waals surface area contributed by atoms with Crippen LogP contribution in [-0.2, 0) is 37.0 Å². The number of sulfone groups is 1. The zero-order valence-corrected chi connectivity index (χ0v) is 18.7. The maximum atomic E-state index is 12.2. The predicted octanol–water partition coefficient (Wildman–Crippen LogP) is 1.99. The van der Waals surface area contributed by atoms with E-state index in [1.165, 1.54) is 20.2 Å². The van der Waals surface area contributed by atoms with Crippen molar-refractivity contribution in [3.63, 3.8) is 0 Å². The van der Waals surface area contributed by atoms with Crippen molar-refractivity contribution in [2.45, 2.75) is 16.5 Å². The highest BCUT2D eigenvalue weighted by atomic mass is 79.9. The standard InChI is InChI=1S/C16H19BrN2O5S3/c1-19(2)27(23,24)16-7-6-14(25-16)9-18-15(20)11-26(21,22)10-12-4-3-5-13(17)8-12/h3-8H,9-11H2,1-2H3,(H,18,20). The molecule has 0 atom stereocenters. The number of amides is 1. The van der Waals surface area contributed by atoms with Crippen LogP contribution >= 0.6 is 27.3 Å². The Bertz CT molecular complexity index is 1030. The molecule has 0 unspecified atom stereocenters. The lowest BCUT2D eigenvalue weighted by atomic mass is 10.2. The molecule has 1 amide bonds. The molecule has 11 heteroatoms. The highest BCUT2D eigenvalue weighted by molar-refractivity contribution is 9.10. The van der Waals surface area contributed by atoms with Crippen LogP contribution in [0.2, 0.25) is 0 Å². The predicted molar refractivity (Wildman–Crippen MR) is 109 cm³/mol. The molecule has 0 saturated heterocycles. The normalized spacial score (nSPS) is 12.3. The van der Waals surface area contributed by atoms with Crippen molar-refractivity contribution in [2.75, 3.05) is 19.8 Å². The maximum absolute atomic E-state index is 12.2. The molecule has 27 heavy (non-hydrogen) atoms. The lowest BCUT2D eigenvalue weighted by Gasteiger charge is -2.08. The Morgan fingerprint density at radius 3 is 2.48 bits per heavy atom. The van der Waals surface area contributed by atoms with Gasteiger partial charge in [0, 0.05) is 23.4 Å². The summed E-state index contributed by atoms with van der Waals surface area (Å²) in [6.07, 6.45) is 0. The van der Waals surface area contributed by atoms with E-state index >= 15 is 0 Å². The van der Waals surface area contributed by atoms with E-state index in [1.807, 2.05) is 0 Å². The van der Waals surface area contributed by atoms with E-state index in [0.717, 1.165) is 20.1 Å². The molecule has 0 fully saturated rings. The largest absolute Gasteiger partial charge is 0.350 e. The third-order valence-electron chi connectivity index (χ3n) is 3.46. The quantitative estimate of drug-likeness (QED) is 0.604. The number of thiophene rings is 1. The number of rotatable bonds is 8. The van der Waals surface area contributed by atoms with Gasteiger partial charge in [-0.2, -0.15) is 0 Å². The van der Waals surface area contributed by atoms with Gasteiger partial charge in [0.25, 0.3) is 10.0 Å². The fraction of sp³-hybridized carbons (Fsp3) is 0.312.